The van der Waals surface area contributed by atoms with Gasteiger partial charge in [-0.3, -0.25) is 20.0 Å². The van der Waals surface area contributed by atoms with Crippen molar-refractivity contribution in [3.05, 3.63) is 0 Å². The third-order valence-electron chi connectivity index (χ3n) is 2.21. The summed E-state index contributed by atoms with van der Waals surface area (Å²) in [6.07, 6.45) is 0.706. The molecule has 2 aliphatic heterocycles. The van der Waals surface area contributed by atoms with Crippen LogP contribution < -0.4 is 5.43 Å². The number of imide groups is 1. The van der Waals surface area contributed by atoms with Crippen molar-refractivity contribution in [3.8, 4) is 0 Å². The molecule has 2 heterocycles. The summed E-state index contributed by atoms with van der Waals surface area (Å²) < 4.78 is 0. The third-order valence-corrected chi connectivity index (χ3v) is 2.21. The van der Waals surface area contributed by atoms with Crippen LogP contribution in [-0.4, -0.2) is 54.0 Å². The molecule has 7 nitrogen and oxygen atoms in total. The second-order valence-corrected chi connectivity index (χ2v) is 3.05. The Labute approximate surface area is 80.1 Å². The van der Waals surface area contributed by atoms with E-state index in [2.05, 4.69) is 15.5 Å². The summed E-state index contributed by atoms with van der Waals surface area (Å²) in [5.74, 6) is -0.392. The minimum Gasteiger partial charge on any atom is -0.300 e. The standard InChI is InChI=1S/C7H9N5O2/c1-11-5-4(8-3-9-10-5)6(13)12(2)7(11)14/h3,5,10H,1-2H3. The zero-order valence-corrected chi connectivity index (χ0v) is 7.76. The number of carbonyl (C=O) groups is 2. The van der Waals surface area contributed by atoms with E-state index < -0.39 is 12.1 Å². The average Bonchev–Trinajstić information content (AvgIpc) is 2.23. The number of carbonyl (C=O) groups excluding carboxylic acids is 2. The molecule has 0 spiro atoms. The maximum Gasteiger partial charge on any atom is 0.328 e. The van der Waals surface area contributed by atoms with Crippen molar-refractivity contribution < 1.29 is 9.59 Å². The van der Waals surface area contributed by atoms with Gasteiger partial charge in [-0.05, 0) is 0 Å². The van der Waals surface area contributed by atoms with E-state index >= 15 is 0 Å². The first-order chi connectivity index (χ1) is 6.63. The number of nitrogens with zero attached hydrogens (tertiary/aromatic N) is 4. The molecule has 1 N–H and O–H groups in total. The summed E-state index contributed by atoms with van der Waals surface area (Å²) in [7, 11) is 3.00. The first kappa shape index (κ1) is 8.67. The van der Waals surface area contributed by atoms with Crippen molar-refractivity contribution in [2.75, 3.05) is 14.1 Å². The van der Waals surface area contributed by atoms with Crippen LogP contribution >= 0.6 is 0 Å². The Bertz CT molecular complexity index is 361. The van der Waals surface area contributed by atoms with Gasteiger partial charge in [-0.2, -0.15) is 5.10 Å². The fourth-order valence-corrected chi connectivity index (χ4v) is 1.37. The Morgan fingerprint density at radius 2 is 2.14 bits per heavy atom. The summed E-state index contributed by atoms with van der Waals surface area (Å²) in [5, 5.41) is 3.68. The van der Waals surface area contributed by atoms with Crippen LogP contribution in [0.1, 0.15) is 0 Å². The van der Waals surface area contributed by atoms with Gasteiger partial charge >= 0.3 is 6.03 Å². The largest absolute Gasteiger partial charge is 0.328 e. The van der Waals surface area contributed by atoms with Gasteiger partial charge in [-0.25, -0.2) is 9.79 Å². The highest BCUT2D eigenvalue weighted by atomic mass is 16.2. The molecule has 1 saturated heterocycles. The molecule has 0 aromatic heterocycles. The zero-order valence-electron chi connectivity index (χ0n) is 7.76. The van der Waals surface area contributed by atoms with E-state index in [-0.39, 0.29) is 11.7 Å². The van der Waals surface area contributed by atoms with Gasteiger partial charge in [0.25, 0.3) is 5.91 Å². The number of nitrogens with one attached hydrogen (secondary N) is 1. The Kier molecular flexibility index (Phi) is 1.73. The van der Waals surface area contributed by atoms with Crippen LogP contribution in [0.15, 0.2) is 10.1 Å². The highest BCUT2D eigenvalue weighted by Gasteiger charge is 2.40. The Morgan fingerprint density at radius 1 is 1.43 bits per heavy atom. The highest BCUT2D eigenvalue weighted by molar-refractivity contribution is 6.45. The SMILES string of the molecule is CN1C(=O)C2=NC=NNC2N(C)C1=O. The summed E-state index contributed by atoms with van der Waals surface area (Å²) in [6, 6.07) is -0.372. The fraction of sp³-hybridized carbons (Fsp3) is 0.429. The highest BCUT2D eigenvalue weighted by Crippen LogP contribution is 2.11. The lowest BCUT2D eigenvalue weighted by Crippen LogP contribution is -2.64. The normalized spacial score (nSPS) is 25.9. The van der Waals surface area contributed by atoms with Gasteiger partial charge in [0, 0.05) is 14.1 Å². The third kappa shape index (κ3) is 0.983. The van der Waals surface area contributed by atoms with Gasteiger partial charge in [-0.15, -0.1) is 0 Å². The number of rotatable bonds is 0. The molecule has 1 fully saturated rings. The first-order valence-corrected chi connectivity index (χ1v) is 4.02. The molecular formula is C7H9N5O2. The molecule has 74 valence electrons. The van der Waals surface area contributed by atoms with Crippen molar-refractivity contribution in [2.24, 2.45) is 10.1 Å². The molecule has 0 bridgehead atoms. The maximum atomic E-state index is 11.6. The van der Waals surface area contributed by atoms with E-state index in [1.54, 1.807) is 7.05 Å². The first-order valence-electron chi connectivity index (χ1n) is 4.02. The topological polar surface area (TPSA) is 77.4 Å². The van der Waals surface area contributed by atoms with E-state index in [4.69, 9.17) is 0 Å². The van der Waals surface area contributed by atoms with Crippen molar-refractivity contribution in [3.63, 3.8) is 0 Å². The minimum absolute atomic E-state index is 0.282. The molecule has 2 rings (SSSR count). The molecule has 1 unspecified atom stereocenters. The van der Waals surface area contributed by atoms with Crippen LogP contribution in [0.5, 0.6) is 0 Å². The lowest BCUT2D eigenvalue weighted by molar-refractivity contribution is -0.122. The van der Waals surface area contributed by atoms with Gasteiger partial charge in [0.2, 0.25) is 0 Å². The number of fused-ring (bicyclic) bond motifs is 1. The second-order valence-electron chi connectivity index (χ2n) is 3.05. The quantitative estimate of drug-likeness (QED) is 0.528. The molecule has 0 aliphatic carbocycles. The molecule has 1 atom stereocenters. The van der Waals surface area contributed by atoms with Crippen LogP contribution in [0.25, 0.3) is 0 Å². The maximum absolute atomic E-state index is 11.6. The second kappa shape index (κ2) is 2.79. The van der Waals surface area contributed by atoms with E-state index in [1.807, 2.05) is 0 Å². The van der Waals surface area contributed by atoms with Gasteiger partial charge < -0.3 is 0 Å². The van der Waals surface area contributed by atoms with Gasteiger partial charge in [-0.1, -0.05) is 0 Å². The van der Waals surface area contributed by atoms with Gasteiger partial charge in [0.05, 0.1) is 0 Å². The van der Waals surface area contributed by atoms with Crippen molar-refractivity contribution >= 4 is 24.0 Å². The van der Waals surface area contributed by atoms with Crippen LogP contribution in [0.4, 0.5) is 4.79 Å². The number of urea groups is 1. The fourth-order valence-electron chi connectivity index (χ4n) is 1.37. The van der Waals surface area contributed by atoms with Gasteiger partial charge in [0.15, 0.2) is 11.9 Å². The molecule has 14 heavy (non-hydrogen) atoms. The Morgan fingerprint density at radius 3 is 2.86 bits per heavy atom. The molecule has 2 aliphatic rings. The van der Waals surface area contributed by atoms with E-state index in [1.165, 1.54) is 18.3 Å². The minimum atomic E-state index is -0.545. The molecule has 3 amide bonds. The van der Waals surface area contributed by atoms with Crippen molar-refractivity contribution in [2.45, 2.75) is 6.17 Å². The molecule has 0 radical (unpaired) electrons. The molecule has 0 saturated carbocycles. The summed E-state index contributed by atoms with van der Waals surface area (Å²) >= 11 is 0. The lowest BCUT2D eigenvalue weighted by atomic mass is 10.2. The van der Waals surface area contributed by atoms with Crippen LogP contribution in [0, 0.1) is 0 Å². The van der Waals surface area contributed by atoms with Crippen molar-refractivity contribution in [1.29, 1.82) is 0 Å². The Balaban J connectivity index is 2.41. The van der Waals surface area contributed by atoms with E-state index in [0.717, 1.165) is 4.90 Å². The number of hydrogen-bond donors (Lipinski definition) is 1. The van der Waals surface area contributed by atoms with E-state index in [0.29, 0.717) is 0 Å². The summed E-state index contributed by atoms with van der Waals surface area (Å²) in [4.78, 5) is 29.3. The smallest absolute Gasteiger partial charge is 0.300 e. The molecule has 0 aromatic rings. The predicted octanol–water partition coefficient (Wildman–Crippen LogP) is -1.18. The summed E-state index contributed by atoms with van der Waals surface area (Å²) in [6.45, 7) is 0. The summed E-state index contributed by atoms with van der Waals surface area (Å²) in [5.41, 5.74) is 2.93. The number of aliphatic imine (C=N–C) groups is 1. The van der Waals surface area contributed by atoms with E-state index in [9.17, 15) is 9.59 Å². The molecule has 0 aromatic carbocycles. The predicted molar refractivity (Wildman–Crippen MR) is 48.8 cm³/mol. The lowest BCUT2D eigenvalue weighted by Gasteiger charge is -2.37. The Hall–Kier alpha value is -1.92. The molecule has 7 heteroatoms. The number of hydrazone groups is 1. The average molecular weight is 195 g/mol. The van der Waals surface area contributed by atoms with Crippen LogP contribution in [0.2, 0.25) is 0 Å². The number of amides is 3. The number of hydrogen-bond acceptors (Lipinski definition) is 5. The monoisotopic (exact) mass is 195 g/mol. The van der Waals surface area contributed by atoms with Crippen LogP contribution in [-0.2, 0) is 4.79 Å². The van der Waals surface area contributed by atoms with Crippen molar-refractivity contribution in [1.82, 2.24) is 15.2 Å². The van der Waals surface area contributed by atoms with Gasteiger partial charge in [0.1, 0.15) is 6.34 Å². The zero-order chi connectivity index (χ0) is 10.3. The molecular weight excluding hydrogens is 186 g/mol. The van der Waals surface area contributed by atoms with Crippen LogP contribution in [0.3, 0.4) is 0 Å².